The summed E-state index contributed by atoms with van der Waals surface area (Å²) in [6.07, 6.45) is 4.85. The van der Waals surface area contributed by atoms with Crippen molar-refractivity contribution in [2.24, 2.45) is 0 Å². The molecule has 88 valence electrons. The van der Waals surface area contributed by atoms with Crippen LogP contribution in [0.25, 0.3) is 0 Å². The molecule has 0 aromatic carbocycles. The second kappa shape index (κ2) is 4.81. The fourth-order valence-corrected chi connectivity index (χ4v) is 3.20. The van der Waals surface area contributed by atoms with E-state index >= 15 is 0 Å². The van der Waals surface area contributed by atoms with Crippen molar-refractivity contribution < 1.29 is 4.74 Å². The van der Waals surface area contributed by atoms with Crippen LogP contribution in [0.4, 0.5) is 0 Å². The SMILES string of the molecule is CNC1CCCC1N1C[C@@H](C)O[C@@H](C)C1. The van der Waals surface area contributed by atoms with Crippen molar-refractivity contribution in [2.45, 2.75) is 57.4 Å². The zero-order chi connectivity index (χ0) is 10.8. The van der Waals surface area contributed by atoms with E-state index < -0.39 is 0 Å². The second-order valence-corrected chi connectivity index (χ2v) is 5.10. The molecule has 2 unspecified atom stereocenters. The Kier molecular flexibility index (Phi) is 3.65. The molecule has 1 aliphatic carbocycles. The first-order chi connectivity index (χ1) is 7.20. The van der Waals surface area contributed by atoms with Crippen LogP contribution >= 0.6 is 0 Å². The van der Waals surface area contributed by atoms with Gasteiger partial charge in [-0.1, -0.05) is 6.42 Å². The van der Waals surface area contributed by atoms with Gasteiger partial charge in [-0.25, -0.2) is 0 Å². The molecule has 0 radical (unpaired) electrons. The molecule has 1 N–H and O–H groups in total. The minimum atomic E-state index is 0.395. The molecule has 15 heavy (non-hydrogen) atoms. The number of morpholine rings is 1. The highest BCUT2D eigenvalue weighted by molar-refractivity contribution is 4.92. The van der Waals surface area contributed by atoms with E-state index in [-0.39, 0.29) is 0 Å². The third kappa shape index (κ3) is 2.52. The van der Waals surface area contributed by atoms with E-state index in [0.717, 1.165) is 19.1 Å². The summed E-state index contributed by atoms with van der Waals surface area (Å²) >= 11 is 0. The fourth-order valence-electron chi connectivity index (χ4n) is 3.20. The summed E-state index contributed by atoms with van der Waals surface area (Å²) < 4.78 is 5.78. The number of ether oxygens (including phenoxy) is 1. The Hall–Kier alpha value is -0.120. The molecule has 1 aliphatic heterocycles. The summed E-state index contributed by atoms with van der Waals surface area (Å²) in [5.74, 6) is 0. The molecule has 1 saturated heterocycles. The summed E-state index contributed by atoms with van der Waals surface area (Å²) in [5.41, 5.74) is 0. The Morgan fingerprint density at radius 1 is 1.13 bits per heavy atom. The van der Waals surface area contributed by atoms with Crippen molar-refractivity contribution in [1.29, 1.82) is 0 Å². The average molecular weight is 212 g/mol. The van der Waals surface area contributed by atoms with Gasteiger partial charge in [-0.15, -0.1) is 0 Å². The van der Waals surface area contributed by atoms with Crippen molar-refractivity contribution in [3.63, 3.8) is 0 Å². The molecular formula is C12H24N2O. The van der Waals surface area contributed by atoms with Crippen LogP contribution in [0, 0.1) is 0 Å². The van der Waals surface area contributed by atoms with Crippen LogP contribution in [0.5, 0.6) is 0 Å². The standard InChI is InChI=1S/C12H24N2O/c1-9-7-14(8-10(2)15-9)12-6-4-5-11(12)13-3/h9-13H,4-8H2,1-3H3/t9-,10+,11?,12?. The predicted octanol–water partition coefficient (Wildman–Crippen LogP) is 1.24. The van der Waals surface area contributed by atoms with Gasteiger partial charge in [0.2, 0.25) is 0 Å². The minimum Gasteiger partial charge on any atom is -0.373 e. The van der Waals surface area contributed by atoms with E-state index in [1.54, 1.807) is 0 Å². The maximum atomic E-state index is 5.78. The summed E-state index contributed by atoms with van der Waals surface area (Å²) in [4.78, 5) is 2.63. The average Bonchev–Trinajstić information content (AvgIpc) is 2.63. The number of nitrogens with one attached hydrogen (secondary N) is 1. The zero-order valence-corrected chi connectivity index (χ0v) is 10.2. The molecule has 1 heterocycles. The molecule has 3 heteroatoms. The summed E-state index contributed by atoms with van der Waals surface area (Å²) in [6, 6.07) is 1.44. The molecule has 2 fully saturated rings. The van der Waals surface area contributed by atoms with E-state index in [1.807, 2.05) is 0 Å². The molecule has 2 rings (SSSR count). The number of hydrogen-bond acceptors (Lipinski definition) is 3. The molecule has 3 nitrogen and oxygen atoms in total. The van der Waals surface area contributed by atoms with Crippen LogP contribution < -0.4 is 5.32 Å². The molecule has 1 saturated carbocycles. The molecule has 0 aromatic heterocycles. The summed E-state index contributed by atoms with van der Waals surface area (Å²) in [6.45, 7) is 6.58. The van der Waals surface area contributed by atoms with E-state index in [2.05, 4.69) is 31.1 Å². The number of nitrogens with zero attached hydrogens (tertiary/aromatic N) is 1. The van der Waals surface area contributed by atoms with Crippen molar-refractivity contribution in [2.75, 3.05) is 20.1 Å². The highest BCUT2D eigenvalue weighted by atomic mass is 16.5. The summed E-state index contributed by atoms with van der Waals surface area (Å²) in [7, 11) is 2.09. The lowest BCUT2D eigenvalue weighted by atomic mass is 10.1. The van der Waals surface area contributed by atoms with E-state index in [1.165, 1.54) is 19.3 Å². The molecule has 0 spiro atoms. The van der Waals surface area contributed by atoms with Gasteiger partial charge in [0, 0.05) is 25.2 Å². The largest absolute Gasteiger partial charge is 0.373 e. The van der Waals surface area contributed by atoms with Crippen LogP contribution in [-0.4, -0.2) is 49.3 Å². The lowest BCUT2D eigenvalue weighted by Gasteiger charge is -2.41. The van der Waals surface area contributed by atoms with Crippen molar-refractivity contribution in [1.82, 2.24) is 10.2 Å². The van der Waals surface area contributed by atoms with Crippen molar-refractivity contribution >= 4 is 0 Å². The van der Waals surface area contributed by atoms with Gasteiger partial charge < -0.3 is 10.1 Å². The van der Waals surface area contributed by atoms with Crippen molar-refractivity contribution in [3.8, 4) is 0 Å². The molecular weight excluding hydrogens is 188 g/mol. The van der Waals surface area contributed by atoms with Gasteiger partial charge in [0.05, 0.1) is 12.2 Å². The molecule has 0 aromatic rings. The monoisotopic (exact) mass is 212 g/mol. The quantitative estimate of drug-likeness (QED) is 0.745. The third-order valence-corrected chi connectivity index (χ3v) is 3.77. The molecule has 0 bridgehead atoms. The van der Waals surface area contributed by atoms with Crippen LogP contribution in [0.1, 0.15) is 33.1 Å². The first-order valence-corrected chi connectivity index (χ1v) is 6.27. The number of rotatable bonds is 2. The maximum absolute atomic E-state index is 5.78. The molecule has 4 atom stereocenters. The lowest BCUT2D eigenvalue weighted by Crippen LogP contribution is -2.54. The Labute approximate surface area is 93.2 Å². The number of likely N-dealkylation sites (N-methyl/N-ethyl adjacent to an activating group) is 1. The van der Waals surface area contributed by atoms with Gasteiger partial charge in [-0.3, -0.25) is 4.90 Å². The van der Waals surface area contributed by atoms with Crippen molar-refractivity contribution in [3.05, 3.63) is 0 Å². The predicted molar refractivity (Wildman–Crippen MR) is 62.1 cm³/mol. The van der Waals surface area contributed by atoms with Crippen LogP contribution in [0.15, 0.2) is 0 Å². The normalized spacial score (nSPS) is 43.4. The Morgan fingerprint density at radius 2 is 1.80 bits per heavy atom. The lowest BCUT2D eigenvalue weighted by molar-refractivity contribution is -0.0819. The summed E-state index contributed by atoms with van der Waals surface area (Å²) in [5, 5.41) is 3.46. The van der Waals surface area contributed by atoms with Crippen LogP contribution in [0.2, 0.25) is 0 Å². The maximum Gasteiger partial charge on any atom is 0.0678 e. The van der Waals surface area contributed by atoms with E-state index in [9.17, 15) is 0 Å². The van der Waals surface area contributed by atoms with Gasteiger partial charge >= 0.3 is 0 Å². The van der Waals surface area contributed by atoms with Crippen LogP contribution in [0.3, 0.4) is 0 Å². The first kappa shape index (κ1) is 11.4. The van der Waals surface area contributed by atoms with Gasteiger partial charge in [0.15, 0.2) is 0 Å². The van der Waals surface area contributed by atoms with Gasteiger partial charge in [-0.2, -0.15) is 0 Å². The molecule has 0 amide bonds. The first-order valence-electron chi connectivity index (χ1n) is 6.27. The third-order valence-electron chi connectivity index (χ3n) is 3.77. The Balaban J connectivity index is 1.96. The number of hydrogen-bond donors (Lipinski definition) is 1. The zero-order valence-electron chi connectivity index (χ0n) is 10.2. The van der Waals surface area contributed by atoms with Crippen LogP contribution in [-0.2, 0) is 4.74 Å². The topological polar surface area (TPSA) is 24.5 Å². The second-order valence-electron chi connectivity index (χ2n) is 5.10. The van der Waals surface area contributed by atoms with E-state index in [0.29, 0.717) is 18.2 Å². The Bertz CT molecular complexity index is 200. The highest BCUT2D eigenvalue weighted by Gasteiger charge is 2.34. The smallest absolute Gasteiger partial charge is 0.0678 e. The minimum absolute atomic E-state index is 0.395. The van der Waals surface area contributed by atoms with Gasteiger partial charge in [0.25, 0.3) is 0 Å². The Morgan fingerprint density at radius 3 is 2.40 bits per heavy atom. The van der Waals surface area contributed by atoms with E-state index in [4.69, 9.17) is 4.74 Å². The van der Waals surface area contributed by atoms with Gasteiger partial charge in [0.1, 0.15) is 0 Å². The van der Waals surface area contributed by atoms with Gasteiger partial charge in [-0.05, 0) is 33.7 Å². The highest BCUT2D eigenvalue weighted by Crippen LogP contribution is 2.26. The molecule has 2 aliphatic rings. The fraction of sp³-hybridized carbons (Fsp3) is 1.00.